The molecule has 1 aromatic carbocycles. The zero-order valence-corrected chi connectivity index (χ0v) is 5.66. The van der Waals surface area contributed by atoms with Crippen molar-refractivity contribution in [3.8, 4) is 0 Å². The Hall–Kier alpha value is -1.51. The van der Waals surface area contributed by atoms with E-state index in [4.69, 9.17) is 12.2 Å². The van der Waals surface area contributed by atoms with Crippen molar-refractivity contribution in [1.29, 1.82) is 0 Å². The van der Waals surface area contributed by atoms with Crippen LogP contribution in [0.15, 0.2) is 24.3 Å². The molecule has 0 spiro atoms. The summed E-state index contributed by atoms with van der Waals surface area (Å²) in [6, 6.07) is 5.96. The van der Waals surface area contributed by atoms with Crippen LogP contribution < -0.4 is 5.32 Å². The molecule has 3 nitrogen and oxygen atoms in total. The van der Waals surface area contributed by atoms with Gasteiger partial charge in [0.2, 0.25) is 0 Å². The van der Waals surface area contributed by atoms with Crippen LogP contribution in [0.4, 0.5) is 5.69 Å². The number of hydrogen-bond donors (Lipinski definition) is 2. The highest BCUT2D eigenvalue weighted by Gasteiger charge is 1.99. The van der Waals surface area contributed by atoms with Gasteiger partial charge >= 0.3 is 5.97 Å². The Morgan fingerprint density at radius 3 is 2.27 bits per heavy atom. The summed E-state index contributed by atoms with van der Waals surface area (Å²) in [5.41, 5.74) is 0.805. The molecule has 0 atom stereocenters. The second-order valence-corrected chi connectivity index (χ2v) is 2.01. The minimum atomic E-state index is -0.957. The molecule has 11 heavy (non-hydrogen) atoms. The van der Waals surface area contributed by atoms with Crippen molar-refractivity contribution in [2.24, 2.45) is 0 Å². The maximum absolute atomic E-state index is 10.3. The standard InChI is InChI=1S/C8H6NO2/c1-9-7-4-2-6(3-5-7)8(10)11/h2-5,9H,(H,10,11). The molecule has 0 bridgehead atoms. The molecule has 3 heteroatoms. The van der Waals surface area contributed by atoms with Crippen molar-refractivity contribution in [2.75, 3.05) is 5.32 Å². The summed E-state index contributed by atoms with van der Waals surface area (Å²) >= 11 is 0. The zero-order valence-electron chi connectivity index (χ0n) is 5.66. The average molecular weight is 148 g/mol. The van der Waals surface area contributed by atoms with Crippen LogP contribution in [0.25, 0.3) is 0 Å². The monoisotopic (exact) mass is 148 g/mol. The van der Waals surface area contributed by atoms with E-state index in [-0.39, 0.29) is 5.56 Å². The van der Waals surface area contributed by atoms with Crippen molar-refractivity contribution in [2.45, 2.75) is 0 Å². The van der Waals surface area contributed by atoms with Gasteiger partial charge in [-0.15, -0.1) is 0 Å². The van der Waals surface area contributed by atoms with Crippen molar-refractivity contribution >= 4 is 11.7 Å². The highest BCUT2D eigenvalue weighted by atomic mass is 16.4. The van der Waals surface area contributed by atoms with Gasteiger partial charge in [0.1, 0.15) is 7.05 Å². The topological polar surface area (TPSA) is 49.3 Å². The normalized spacial score (nSPS) is 9.18. The SMILES string of the molecule is [C]Nc1ccc(C(=O)O)cc1. The number of anilines is 1. The van der Waals surface area contributed by atoms with E-state index in [1.165, 1.54) is 24.3 Å². The molecule has 0 aliphatic heterocycles. The molecule has 0 heterocycles. The number of aromatic carboxylic acids is 1. The van der Waals surface area contributed by atoms with Crippen LogP contribution in [0.2, 0.25) is 0 Å². The molecule has 0 aliphatic rings. The first-order valence-electron chi connectivity index (χ1n) is 3.00. The third kappa shape index (κ3) is 1.70. The Morgan fingerprint density at radius 2 is 1.91 bits per heavy atom. The van der Waals surface area contributed by atoms with E-state index in [0.717, 1.165) is 0 Å². The lowest BCUT2D eigenvalue weighted by molar-refractivity contribution is 0.0697. The smallest absolute Gasteiger partial charge is 0.335 e. The fraction of sp³-hybridized carbons (Fsp3) is 0. The number of benzene rings is 1. The van der Waals surface area contributed by atoms with Crippen LogP contribution >= 0.6 is 0 Å². The van der Waals surface area contributed by atoms with Crippen molar-refractivity contribution in [3.05, 3.63) is 36.9 Å². The van der Waals surface area contributed by atoms with Gasteiger partial charge in [-0.05, 0) is 24.3 Å². The van der Waals surface area contributed by atoms with Gasteiger partial charge in [-0.2, -0.15) is 0 Å². The maximum Gasteiger partial charge on any atom is 0.335 e. The van der Waals surface area contributed by atoms with Crippen LogP contribution in [0.3, 0.4) is 0 Å². The highest BCUT2D eigenvalue weighted by Crippen LogP contribution is 2.08. The van der Waals surface area contributed by atoms with Crippen LogP contribution in [-0.2, 0) is 0 Å². The number of rotatable bonds is 2. The van der Waals surface area contributed by atoms with Gasteiger partial charge in [0, 0.05) is 5.69 Å². The molecule has 0 aromatic heterocycles. The minimum absolute atomic E-state index is 0.226. The third-order valence-corrected chi connectivity index (χ3v) is 1.28. The van der Waals surface area contributed by atoms with Crippen LogP contribution in [0.5, 0.6) is 0 Å². The predicted molar refractivity (Wildman–Crippen MR) is 40.3 cm³/mol. The Balaban J connectivity index is 2.91. The minimum Gasteiger partial charge on any atom is -0.478 e. The van der Waals surface area contributed by atoms with E-state index in [0.29, 0.717) is 5.69 Å². The van der Waals surface area contributed by atoms with Crippen molar-refractivity contribution < 1.29 is 9.90 Å². The van der Waals surface area contributed by atoms with Gasteiger partial charge in [-0.1, -0.05) is 0 Å². The van der Waals surface area contributed by atoms with E-state index in [1.54, 1.807) is 0 Å². The van der Waals surface area contributed by atoms with E-state index in [9.17, 15) is 4.79 Å². The molecule has 1 rings (SSSR count). The molecule has 0 saturated heterocycles. The lowest BCUT2D eigenvalue weighted by Gasteiger charge is -1.97. The summed E-state index contributed by atoms with van der Waals surface area (Å²) in [7, 11) is 6.72. The van der Waals surface area contributed by atoms with Gasteiger partial charge in [0.25, 0.3) is 0 Å². The second kappa shape index (κ2) is 3.05. The molecule has 3 radical (unpaired) electrons. The van der Waals surface area contributed by atoms with Crippen LogP contribution in [0.1, 0.15) is 10.4 Å². The molecule has 0 aliphatic carbocycles. The second-order valence-electron chi connectivity index (χ2n) is 2.01. The number of hydrogen-bond acceptors (Lipinski definition) is 2. The predicted octanol–water partition coefficient (Wildman–Crippen LogP) is 1.34. The Bertz CT molecular complexity index is 253. The van der Waals surface area contributed by atoms with Crippen molar-refractivity contribution in [3.63, 3.8) is 0 Å². The zero-order chi connectivity index (χ0) is 8.27. The van der Waals surface area contributed by atoms with Gasteiger partial charge in [-0.25, -0.2) is 4.79 Å². The molecule has 0 unspecified atom stereocenters. The van der Waals surface area contributed by atoms with E-state index in [2.05, 4.69) is 5.32 Å². The fourth-order valence-electron chi connectivity index (χ4n) is 0.696. The van der Waals surface area contributed by atoms with E-state index >= 15 is 0 Å². The summed E-state index contributed by atoms with van der Waals surface area (Å²) in [6.07, 6.45) is 0. The summed E-state index contributed by atoms with van der Waals surface area (Å²) in [4.78, 5) is 10.3. The quantitative estimate of drug-likeness (QED) is 0.665. The van der Waals surface area contributed by atoms with E-state index in [1.807, 2.05) is 0 Å². The lowest BCUT2D eigenvalue weighted by atomic mass is 10.2. The number of carboxylic acids is 1. The molecule has 0 saturated carbocycles. The molecular weight excluding hydrogens is 142 g/mol. The average Bonchev–Trinajstić information content (AvgIpc) is 2.05. The first kappa shape index (κ1) is 7.60. The summed E-state index contributed by atoms with van der Waals surface area (Å²) in [5.74, 6) is -0.957. The summed E-state index contributed by atoms with van der Waals surface area (Å²) in [5, 5.41) is 10.6. The Morgan fingerprint density at radius 1 is 1.36 bits per heavy atom. The highest BCUT2D eigenvalue weighted by molar-refractivity contribution is 5.87. The van der Waals surface area contributed by atoms with Gasteiger partial charge in [-0.3, -0.25) is 0 Å². The van der Waals surface area contributed by atoms with Gasteiger partial charge in [0.15, 0.2) is 0 Å². The summed E-state index contributed by atoms with van der Waals surface area (Å²) < 4.78 is 0. The van der Waals surface area contributed by atoms with Gasteiger partial charge < -0.3 is 10.4 Å². The largest absolute Gasteiger partial charge is 0.478 e. The van der Waals surface area contributed by atoms with Crippen LogP contribution in [0, 0.1) is 7.05 Å². The Labute approximate surface area is 64.7 Å². The third-order valence-electron chi connectivity index (χ3n) is 1.28. The first-order valence-corrected chi connectivity index (χ1v) is 3.00. The Kier molecular flexibility index (Phi) is 2.11. The maximum atomic E-state index is 10.3. The lowest BCUT2D eigenvalue weighted by Crippen LogP contribution is -1.95. The number of carboxylic acid groups (broad SMARTS) is 1. The first-order chi connectivity index (χ1) is 5.24. The van der Waals surface area contributed by atoms with Gasteiger partial charge in [0.05, 0.1) is 5.56 Å². The fourth-order valence-corrected chi connectivity index (χ4v) is 0.696. The molecule has 2 N–H and O–H groups in total. The number of nitrogens with one attached hydrogen (secondary N) is 1. The molecular formula is C8H6NO2. The van der Waals surface area contributed by atoms with E-state index < -0.39 is 5.97 Å². The van der Waals surface area contributed by atoms with Crippen molar-refractivity contribution in [1.82, 2.24) is 0 Å². The molecule has 0 amide bonds. The molecule has 55 valence electrons. The van der Waals surface area contributed by atoms with Crippen LogP contribution in [-0.4, -0.2) is 11.1 Å². The summed E-state index contributed by atoms with van der Waals surface area (Å²) in [6.45, 7) is 0. The molecule has 0 fully saturated rings. The molecule has 1 aromatic rings. The number of carbonyl (C=O) groups is 1.